The summed E-state index contributed by atoms with van der Waals surface area (Å²) < 4.78 is 5.79. The zero-order valence-corrected chi connectivity index (χ0v) is 12.9. The summed E-state index contributed by atoms with van der Waals surface area (Å²) in [6.07, 6.45) is 5.20. The van der Waals surface area contributed by atoms with Gasteiger partial charge in [0, 0.05) is 0 Å². The van der Waals surface area contributed by atoms with Crippen molar-refractivity contribution in [2.75, 3.05) is 13.2 Å². The van der Waals surface area contributed by atoms with E-state index >= 15 is 0 Å². The number of hydrogen-bond acceptors (Lipinski definition) is 2. The predicted molar refractivity (Wildman–Crippen MR) is 79.6 cm³/mol. The second-order valence-corrected chi connectivity index (χ2v) is 6.41. The lowest BCUT2D eigenvalue weighted by atomic mass is 9.76. The second kappa shape index (κ2) is 8.85. The van der Waals surface area contributed by atoms with E-state index in [1.54, 1.807) is 0 Å². The maximum absolute atomic E-state index is 5.79. The summed E-state index contributed by atoms with van der Waals surface area (Å²) >= 11 is 4.63. The fourth-order valence-corrected chi connectivity index (χ4v) is 2.81. The summed E-state index contributed by atoms with van der Waals surface area (Å²) in [5.74, 6) is 1.45. The topological polar surface area (TPSA) is 9.23 Å². The standard InChI is InChI=1S/C15H28OS/c1-13(2)10-15(5,11-14(3)4)12-16-8-6-7-9-17/h7,13-14H,6,8,10-12H2,1-5H3. The summed E-state index contributed by atoms with van der Waals surface area (Å²) in [6, 6.07) is 0. The maximum Gasteiger partial charge on any atom is 0.0520 e. The molecule has 0 aromatic rings. The van der Waals surface area contributed by atoms with Crippen molar-refractivity contribution < 1.29 is 4.74 Å². The molecule has 2 heteroatoms. The van der Waals surface area contributed by atoms with Crippen LogP contribution in [-0.4, -0.2) is 18.2 Å². The van der Waals surface area contributed by atoms with Crippen molar-refractivity contribution in [3.63, 3.8) is 0 Å². The van der Waals surface area contributed by atoms with Crippen molar-refractivity contribution in [1.29, 1.82) is 0 Å². The highest BCUT2D eigenvalue weighted by Crippen LogP contribution is 2.33. The van der Waals surface area contributed by atoms with E-state index in [9.17, 15) is 0 Å². The van der Waals surface area contributed by atoms with Crippen molar-refractivity contribution in [3.8, 4) is 0 Å². The first-order chi connectivity index (χ1) is 7.89. The van der Waals surface area contributed by atoms with E-state index in [4.69, 9.17) is 4.74 Å². The molecule has 0 spiro atoms. The molecule has 0 saturated carbocycles. The van der Waals surface area contributed by atoms with E-state index in [1.165, 1.54) is 12.8 Å². The van der Waals surface area contributed by atoms with E-state index < -0.39 is 0 Å². The molecular weight excluding hydrogens is 228 g/mol. The monoisotopic (exact) mass is 256 g/mol. The van der Waals surface area contributed by atoms with Crippen LogP contribution in [0, 0.1) is 17.3 Å². The minimum atomic E-state index is 0.309. The molecule has 100 valence electrons. The first-order valence-corrected chi connectivity index (χ1v) is 7.07. The van der Waals surface area contributed by atoms with Crippen LogP contribution in [0.3, 0.4) is 0 Å². The highest BCUT2D eigenvalue weighted by Gasteiger charge is 2.26. The predicted octanol–water partition coefficient (Wildman–Crippen LogP) is 4.65. The molecule has 0 aliphatic heterocycles. The summed E-state index contributed by atoms with van der Waals surface area (Å²) in [6.45, 7) is 13.1. The van der Waals surface area contributed by atoms with Gasteiger partial charge in [0.1, 0.15) is 0 Å². The first-order valence-electron chi connectivity index (χ1n) is 6.66. The normalized spacial score (nSPS) is 11.9. The van der Waals surface area contributed by atoms with Gasteiger partial charge in [0.15, 0.2) is 0 Å². The van der Waals surface area contributed by atoms with Crippen LogP contribution in [0.4, 0.5) is 0 Å². The van der Waals surface area contributed by atoms with Gasteiger partial charge in [0.2, 0.25) is 0 Å². The lowest BCUT2D eigenvalue weighted by molar-refractivity contribution is 0.0309. The second-order valence-electron chi connectivity index (χ2n) is 6.17. The van der Waals surface area contributed by atoms with Gasteiger partial charge in [0.05, 0.1) is 13.2 Å². The molecule has 0 radical (unpaired) electrons. The van der Waals surface area contributed by atoms with Gasteiger partial charge in [-0.2, -0.15) is 0 Å². The van der Waals surface area contributed by atoms with Crippen LogP contribution >= 0.6 is 12.2 Å². The SMILES string of the molecule is CC(C)CC(C)(COCCC=C=S)CC(C)C. The Kier molecular flexibility index (Phi) is 8.77. The van der Waals surface area contributed by atoms with E-state index in [2.05, 4.69) is 51.9 Å². The molecule has 0 aromatic heterocycles. The summed E-state index contributed by atoms with van der Waals surface area (Å²) in [7, 11) is 0. The molecule has 0 aromatic carbocycles. The fourth-order valence-electron chi connectivity index (χ4n) is 2.69. The Morgan fingerprint density at radius 2 is 1.71 bits per heavy atom. The van der Waals surface area contributed by atoms with Crippen LogP contribution < -0.4 is 0 Å². The summed E-state index contributed by atoms with van der Waals surface area (Å²) in [5, 5.41) is 2.61. The van der Waals surface area contributed by atoms with Crippen LogP contribution in [0.2, 0.25) is 0 Å². The Labute approximate surface area is 113 Å². The van der Waals surface area contributed by atoms with Crippen LogP contribution in [0.1, 0.15) is 53.9 Å². The third kappa shape index (κ3) is 9.52. The van der Waals surface area contributed by atoms with Gasteiger partial charge >= 0.3 is 0 Å². The van der Waals surface area contributed by atoms with Gasteiger partial charge in [-0.05, 0) is 54.8 Å². The van der Waals surface area contributed by atoms with E-state index in [0.29, 0.717) is 5.41 Å². The molecule has 0 unspecified atom stereocenters. The van der Waals surface area contributed by atoms with Gasteiger partial charge in [-0.25, -0.2) is 0 Å². The lowest BCUT2D eigenvalue weighted by Gasteiger charge is -2.32. The Balaban J connectivity index is 4.13. The summed E-state index contributed by atoms with van der Waals surface area (Å²) in [5.41, 5.74) is 0.309. The molecule has 0 saturated heterocycles. The average molecular weight is 256 g/mol. The Morgan fingerprint density at radius 3 is 2.12 bits per heavy atom. The number of hydrogen-bond donors (Lipinski definition) is 0. The third-order valence-corrected chi connectivity index (χ3v) is 2.91. The van der Waals surface area contributed by atoms with Gasteiger partial charge in [-0.15, -0.1) is 0 Å². The van der Waals surface area contributed by atoms with E-state index in [-0.39, 0.29) is 0 Å². The lowest BCUT2D eigenvalue weighted by Crippen LogP contribution is -2.27. The van der Waals surface area contributed by atoms with Crippen LogP contribution in [-0.2, 0) is 4.74 Å². The molecule has 0 heterocycles. The first kappa shape index (κ1) is 16.8. The van der Waals surface area contributed by atoms with Crippen molar-refractivity contribution in [2.24, 2.45) is 17.3 Å². The Hall–Kier alpha value is -0.170. The molecule has 17 heavy (non-hydrogen) atoms. The number of ether oxygens (including phenoxy) is 1. The summed E-state index contributed by atoms with van der Waals surface area (Å²) in [4.78, 5) is 0. The van der Waals surface area contributed by atoms with Gasteiger partial charge in [0.25, 0.3) is 0 Å². The molecule has 0 bridgehead atoms. The molecule has 0 N–H and O–H groups in total. The highest BCUT2D eigenvalue weighted by atomic mass is 32.1. The average Bonchev–Trinajstić information content (AvgIpc) is 2.14. The van der Waals surface area contributed by atoms with E-state index in [0.717, 1.165) is 31.5 Å². The zero-order chi connectivity index (χ0) is 13.3. The molecule has 0 rings (SSSR count). The van der Waals surface area contributed by atoms with Crippen molar-refractivity contribution in [3.05, 3.63) is 6.08 Å². The molecule has 0 atom stereocenters. The number of rotatable bonds is 9. The van der Waals surface area contributed by atoms with Crippen molar-refractivity contribution in [2.45, 2.75) is 53.9 Å². The molecule has 0 amide bonds. The van der Waals surface area contributed by atoms with Crippen LogP contribution in [0.15, 0.2) is 6.08 Å². The Morgan fingerprint density at radius 1 is 1.18 bits per heavy atom. The van der Waals surface area contributed by atoms with Crippen molar-refractivity contribution in [1.82, 2.24) is 0 Å². The number of thiocarbonyl (C=S) groups is 1. The molecule has 0 aliphatic carbocycles. The van der Waals surface area contributed by atoms with Crippen molar-refractivity contribution >= 4 is 17.2 Å². The largest absolute Gasteiger partial charge is 0.381 e. The molecule has 0 aliphatic rings. The van der Waals surface area contributed by atoms with Crippen LogP contribution in [0.25, 0.3) is 0 Å². The molecular formula is C15H28OS. The van der Waals surface area contributed by atoms with Gasteiger partial charge < -0.3 is 4.74 Å². The zero-order valence-electron chi connectivity index (χ0n) is 12.1. The third-order valence-electron chi connectivity index (χ3n) is 2.74. The fraction of sp³-hybridized carbons (Fsp3) is 0.867. The van der Waals surface area contributed by atoms with Gasteiger partial charge in [-0.1, -0.05) is 39.6 Å². The quantitative estimate of drug-likeness (QED) is 0.439. The smallest absolute Gasteiger partial charge is 0.0520 e. The van der Waals surface area contributed by atoms with Crippen LogP contribution in [0.5, 0.6) is 0 Å². The molecule has 0 fully saturated rings. The van der Waals surface area contributed by atoms with E-state index in [1.807, 2.05) is 6.08 Å². The van der Waals surface area contributed by atoms with Gasteiger partial charge in [-0.3, -0.25) is 0 Å². The highest BCUT2D eigenvalue weighted by molar-refractivity contribution is 7.78. The minimum absolute atomic E-state index is 0.309. The minimum Gasteiger partial charge on any atom is -0.381 e. The molecule has 1 nitrogen and oxygen atoms in total. The maximum atomic E-state index is 5.79. The Bertz CT molecular complexity index is 229.